The van der Waals surface area contributed by atoms with Gasteiger partial charge in [-0.25, -0.2) is 4.98 Å². The van der Waals surface area contributed by atoms with Crippen molar-refractivity contribution in [2.75, 3.05) is 25.6 Å². The fourth-order valence-electron chi connectivity index (χ4n) is 3.74. The van der Waals surface area contributed by atoms with Crippen LogP contribution in [0.3, 0.4) is 0 Å². The van der Waals surface area contributed by atoms with Gasteiger partial charge in [0, 0.05) is 19.2 Å². The number of nitrogens with one attached hydrogen (secondary N) is 1. The predicted molar refractivity (Wildman–Crippen MR) is 117 cm³/mol. The van der Waals surface area contributed by atoms with Crippen molar-refractivity contribution in [2.24, 2.45) is 10.7 Å². The summed E-state index contributed by atoms with van der Waals surface area (Å²) in [5.41, 5.74) is 6.68. The zero-order chi connectivity index (χ0) is 21.3. The third kappa shape index (κ3) is 4.27. The largest absolute Gasteiger partial charge is 0.495 e. The molecule has 2 unspecified atom stereocenters. The summed E-state index contributed by atoms with van der Waals surface area (Å²) in [7, 11) is 1.60. The molecule has 31 heavy (non-hydrogen) atoms. The molecule has 0 spiro atoms. The Labute approximate surface area is 183 Å². The van der Waals surface area contributed by atoms with Gasteiger partial charge in [0.05, 0.1) is 42.2 Å². The molecule has 2 atom stereocenters. The van der Waals surface area contributed by atoms with Crippen LogP contribution in [-0.4, -0.2) is 46.5 Å². The molecule has 0 amide bonds. The highest BCUT2D eigenvalue weighted by Gasteiger charge is 2.28. The third-order valence-corrected chi connectivity index (χ3v) is 6.28. The van der Waals surface area contributed by atoms with Crippen LogP contribution in [-0.2, 0) is 16.7 Å². The van der Waals surface area contributed by atoms with Crippen LogP contribution >= 0.6 is 11.3 Å². The monoisotopic (exact) mass is 437 g/mol. The summed E-state index contributed by atoms with van der Waals surface area (Å²) >= 11 is 1.52. The molecule has 0 saturated carbocycles. The van der Waals surface area contributed by atoms with E-state index in [4.69, 9.17) is 20.2 Å². The first-order chi connectivity index (χ1) is 15.1. The molecule has 0 aliphatic carbocycles. The van der Waals surface area contributed by atoms with E-state index in [1.165, 1.54) is 11.3 Å². The molecular weight excluding hydrogens is 414 g/mol. The van der Waals surface area contributed by atoms with E-state index in [1.807, 2.05) is 24.3 Å². The van der Waals surface area contributed by atoms with Crippen molar-refractivity contribution in [3.63, 3.8) is 0 Å². The lowest BCUT2D eigenvalue weighted by Crippen LogP contribution is -2.47. The van der Waals surface area contributed by atoms with Crippen LogP contribution in [0.15, 0.2) is 35.6 Å². The van der Waals surface area contributed by atoms with E-state index in [-0.39, 0.29) is 6.10 Å². The maximum Gasteiger partial charge on any atom is 0.211 e. The zero-order valence-electron chi connectivity index (χ0n) is 17.1. The number of methoxy groups -OCH3 is 1. The molecular formula is C21H23N7O2S. The molecule has 5 heterocycles. The van der Waals surface area contributed by atoms with Crippen LogP contribution in [0.25, 0.3) is 6.08 Å². The molecule has 9 nitrogen and oxygen atoms in total. The number of hydrogen-bond acceptors (Lipinski definition) is 10. The van der Waals surface area contributed by atoms with Gasteiger partial charge in [-0.15, -0.1) is 10.2 Å². The van der Waals surface area contributed by atoms with Crippen molar-refractivity contribution in [3.05, 3.63) is 51.9 Å². The highest BCUT2D eigenvalue weighted by Crippen LogP contribution is 2.25. The molecule has 2 aliphatic heterocycles. The first-order valence-corrected chi connectivity index (χ1v) is 11.0. The van der Waals surface area contributed by atoms with E-state index >= 15 is 0 Å². The number of aromatic nitrogens is 4. The number of fused-ring (bicyclic) bond motifs is 1. The Morgan fingerprint density at radius 3 is 3.10 bits per heavy atom. The van der Waals surface area contributed by atoms with Gasteiger partial charge in [-0.2, -0.15) is 0 Å². The SMILES string of the molecule is COc1cncc(C2(N)C=c3nc(Nc4nnc(CC5CCCO5)s4)ccc3=NC2)c1. The molecule has 3 aromatic rings. The molecule has 10 heteroatoms. The molecule has 3 aromatic heterocycles. The molecule has 0 radical (unpaired) electrons. The smallest absolute Gasteiger partial charge is 0.211 e. The fourth-order valence-corrected chi connectivity index (χ4v) is 4.55. The van der Waals surface area contributed by atoms with Gasteiger partial charge in [0.25, 0.3) is 0 Å². The molecule has 160 valence electrons. The van der Waals surface area contributed by atoms with E-state index < -0.39 is 5.54 Å². The topological polar surface area (TPSA) is 120 Å². The first-order valence-electron chi connectivity index (χ1n) is 10.2. The number of pyridine rings is 2. The summed E-state index contributed by atoms with van der Waals surface area (Å²) in [6, 6.07) is 5.69. The lowest BCUT2D eigenvalue weighted by Gasteiger charge is -2.26. The van der Waals surface area contributed by atoms with Crippen molar-refractivity contribution in [1.29, 1.82) is 0 Å². The first kappa shape index (κ1) is 20.0. The molecule has 2 aliphatic rings. The van der Waals surface area contributed by atoms with Gasteiger partial charge in [0.2, 0.25) is 5.13 Å². The van der Waals surface area contributed by atoms with Gasteiger partial charge in [-0.05, 0) is 42.7 Å². The second-order valence-corrected chi connectivity index (χ2v) is 8.74. The number of rotatable bonds is 6. The Hall–Kier alpha value is -2.95. The highest BCUT2D eigenvalue weighted by atomic mass is 32.1. The Kier molecular flexibility index (Phi) is 5.34. The van der Waals surface area contributed by atoms with Crippen LogP contribution in [0.1, 0.15) is 23.4 Å². The van der Waals surface area contributed by atoms with E-state index in [9.17, 15) is 0 Å². The quantitative estimate of drug-likeness (QED) is 0.588. The van der Waals surface area contributed by atoms with Gasteiger partial charge in [-0.1, -0.05) is 11.3 Å². The Bertz CT molecular complexity index is 1210. The van der Waals surface area contributed by atoms with Gasteiger partial charge < -0.3 is 20.5 Å². The fraction of sp³-hybridized carbons (Fsp3) is 0.381. The van der Waals surface area contributed by atoms with Gasteiger partial charge in [0.1, 0.15) is 16.6 Å². The third-order valence-electron chi connectivity index (χ3n) is 5.42. The normalized spacial score (nSPS) is 22.3. The van der Waals surface area contributed by atoms with Crippen LogP contribution in [0.4, 0.5) is 10.9 Å². The number of anilines is 2. The molecule has 0 aromatic carbocycles. The highest BCUT2D eigenvalue weighted by molar-refractivity contribution is 7.15. The number of ether oxygens (including phenoxy) is 2. The van der Waals surface area contributed by atoms with E-state index in [1.54, 1.807) is 19.5 Å². The van der Waals surface area contributed by atoms with Crippen LogP contribution in [0.5, 0.6) is 5.75 Å². The molecule has 1 saturated heterocycles. The minimum Gasteiger partial charge on any atom is -0.495 e. The molecule has 5 rings (SSSR count). The van der Waals surface area contributed by atoms with Gasteiger partial charge in [-0.3, -0.25) is 9.98 Å². The van der Waals surface area contributed by atoms with Crippen LogP contribution in [0.2, 0.25) is 0 Å². The van der Waals surface area contributed by atoms with Crippen LogP contribution in [0, 0.1) is 0 Å². The summed E-state index contributed by atoms with van der Waals surface area (Å²) < 4.78 is 11.0. The van der Waals surface area contributed by atoms with Crippen molar-refractivity contribution in [2.45, 2.75) is 30.9 Å². The lowest BCUT2D eigenvalue weighted by molar-refractivity contribution is 0.111. The Morgan fingerprint density at radius 2 is 2.26 bits per heavy atom. The van der Waals surface area contributed by atoms with Crippen molar-refractivity contribution >= 4 is 28.4 Å². The standard InChI is InChI=1S/C21H23N7O2S/c1-29-15-7-13(10-23-11-15)21(22)9-17-16(24-12-21)4-5-18(25-17)26-20-28-27-19(31-20)8-14-3-2-6-30-14/h4-5,7,9-11,14H,2-3,6,8,12,22H2,1H3,(H,25,26,28). The average molecular weight is 438 g/mol. The summed E-state index contributed by atoms with van der Waals surface area (Å²) in [6.45, 7) is 1.25. The van der Waals surface area contributed by atoms with Crippen LogP contribution < -0.4 is 26.5 Å². The number of nitrogens with zero attached hydrogens (tertiary/aromatic N) is 5. The van der Waals surface area contributed by atoms with E-state index in [2.05, 4.69) is 25.5 Å². The number of hydrogen-bond donors (Lipinski definition) is 2. The molecule has 1 fully saturated rings. The maximum absolute atomic E-state index is 6.67. The van der Waals surface area contributed by atoms with E-state index in [0.717, 1.165) is 41.8 Å². The summed E-state index contributed by atoms with van der Waals surface area (Å²) in [6.07, 6.45) is 8.56. The average Bonchev–Trinajstić information content (AvgIpc) is 3.46. The summed E-state index contributed by atoms with van der Waals surface area (Å²) in [4.78, 5) is 13.6. The van der Waals surface area contributed by atoms with Crippen molar-refractivity contribution in [1.82, 2.24) is 20.2 Å². The Morgan fingerprint density at radius 1 is 1.32 bits per heavy atom. The second-order valence-electron chi connectivity index (χ2n) is 7.68. The number of nitrogens with two attached hydrogens (primary N) is 1. The van der Waals surface area contributed by atoms with E-state index in [0.29, 0.717) is 28.6 Å². The van der Waals surface area contributed by atoms with Crippen molar-refractivity contribution < 1.29 is 9.47 Å². The Balaban J connectivity index is 1.38. The zero-order valence-corrected chi connectivity index (χ0v) is 17.9. The maximum atomic E-state index is 6.67. The van der Waals surface area contributed by atoms with Crippen molar-refractivity contribution in [3.8, 4) is 5.75 Å². The van der Waals surface area contributed by atoms with Gasteiger partial charge in [0.15, 0.2) is 0 Å². The summed E-state index contributed by atoms with van der Waals surface area (Å²) in [5.74, 6) is 1.32. The summed E-state index contributed by atoms with van der Waals surface area (Å²) in [5, 5.41) is 14.9. The molecule has 3 N–H and O–H groups in total. The van der Waals surface area contributed by atoms with Gasteiger partial charge >= 0.3 is 0 Å². The predicted octanol–water partition coefficient (Wildman–Crippen LogP) is 1.07. The lowest BCUT2D eigenvalue weighted by atomic mass is 9.90. The molecule has 0 bridgehead atoms. The second kappa shape index (κ2) is 8.29. The minimum absolute atomic E-state index is 0.252. The minimum atomic E-state index is -0.808.